The Bertz CT molecular complexity index is 1020. The van der Waals surface area contributed by atoms with Crippen LogP contribution in [0.25, 0.3) is 11.1 Å². The van der Waals surface area contributed by atoms with Crippen molar-refractivity contribution < 1.29 is 23.8 Å². The van der Waals surface area contributed by atoms with Crippen LogP contribution in [-0.2, 0) is 16.0 Å². The summed E-state index contributed by atoms with van der Waals surface area (Å²) < 4.78 is 16.9. The lowest BCUT2D eigenvalue weighted by Gasteiger charge is -2.19. The molecule has 0 unspecified atom stereocenters. The number of benzene rings is 2. The van der Waals surface area contributed by atoms with Gasteiger partial charge < -0.3 is 24.8 Å². The minimum atomic E-state index is -0.561. The van der Waals surface area contributed by atoms with E-state index in [0.717, 1.165) is 28.2 Å². The lowest BCUT2D eigenvalue weighted by Crippen LogP contribution is -2.48. The number of hydrogen-bond donors (Lipinski definition) is 2. The van der Waals surface area contributed by atoms with Crippen LogP contribution in [0, 0.1) is 0 Å². The van der Waals surface area contributed by atoms with Crippen molar-refractivity contribution >= 4 is 35.2 Å². The normalized spacial score (nSPS) is 15.2. The maximum atomic E-state index is 12.6. The van der Waals surface area contributed by atoms with E-state index < -0.39 is 6.04 Å². The Balaban J connectivity index is 1.71. The van der Waals surface area contributed by atoms with E-state index in [9.17, 15) is 9.59 Å². The minimum Gasteiger partial charge on any atom is -0.497 e. The van der Waals surface area contributed by atoms with Gasteiger partial charge in [-0.05, 0) is 54.3 Å². The van der Waals surface area contributed by atoms with Gasteiger partial charge in [0.2, 0.25) is 11.8 Å². The molecule has 33 heavy (non-hydrogen) atoms. The van der Waals surface area contributed by atoms with Gasteiger partial charge in [0.05, 0.1) is 25.8 Å². The third-order valence-corrected chi connectivity index (χ3v) is 6.30. The molecule has 1 aliphatic heterocycles. The van der Waals surface area contributed by atoms with Crippen molar-refractivity contribution in [1.29, 1.82) is 0 Å². The number of fused-ring (bicyclic) bond motifs is 1. The molecule has 0 spiro atoms. The third-order valence-electron chi connectivity index (χ3n) is 5.38. The maximum Gasteiger partial charge on any atom is 0.242 e. The molecule has 178 valence electrons. The summed E-state index contributed by atoms with van der Waals surface area (Å²) in [6, 6.07) is 8.90. The molecular formula is C24H29ClN2O5S. The molecule has 0 radical (unpaired) electrons. The number of halogens is 1. The fourth-order valence-corrected chi connectivity index (χ4v) is 4.54. The summed E-state index contributed by atoms with van der Waals surface area (Å²) in [5.74, 6) is 2.39. The second-order valence-electron chi connectivity index (χ2n) is 7.74. The van der Waals surface area contributed by atoms with Crippen molar-refractivity contribution in [2.45, 2.75) is 31.9 Å². The average Bonchev–Trinajstić information content (AvgIpc) is 3.23. The van der Waals surface area contributed by atoms with Gasteiger partial charge in [-0.25, -0.2) is 0 Å². The predicted molar refractivity (Wildman–Crippen MR) is 132 cm³/mol. The third kappa shape index (κ3) is 6.26. The number of methoxy groups -OCH3 is 2. The predicted octanol–water partition coefficient (Wildman–Crippen LogP) is 3.70. The minimum absolute atomic E-state index is 0.216. The second kappa shape index (κ2) is 11.5. The highest BCUT2D eigenvalue weighted by Gasteiger charge is 2.28. The van der Waals surface area contributed by atoms with Gasteiger partial charge in [0.25, 0.3) is 0 Å². The molecule has 7 nitrogen and oxygen atoms in total. The number of carbonyl (C=O) groups is 2. The van der Waals surface area contributed by atoms with E-state index in [0.29, 0.717) is 35.9 Å². The Hall–Kier alpha value is -2.58. The highest BCUT2D eigenvalue weighted by atomic mass is 35.5. The number of thioether (sulfide) groups is 1. The van der Waals surface area contributed by atoms with Crippen LogP contribution in [-0.4, -0.2) is 56.7 Å². The Morgan fingerprint density at radius 1 is 1.24 bits per heavy atom. The van der Waals surface area contributed by atoms with Gasteiger partial charge in [0.15, 0.2) is 0 Å². The van der Waals surface area contributed by atoms with E-state index in [4.69, 9.17) is 25.8 Å². The quantitative estimate of drug-likeness (QED) is 0.526. The molecule has 0 aliphatic carbocycles. The van der Waals surface area contributed by atoms with E-state index in [1.807, 2.05) is 36.6 Å². The number of carbonyl (C=O) groups excluding carboxylic acids is 2. The molecule has 1 aliphatic rings. The van der Waals surface area contributed by atoms with Crippen LogP contribution in [0.3, 0.4) is 0 Å². The number of amides is 2. The molecule has 0 aromatic heterocycles. The summed E-state index contributed by atoms with van der Waals surface area (Å²) in [5.41, 5.74) is 2.72. The van der Waals surface area contributed by atoms with Crippen LogP contribution in [0.2, 0.25) is 5.02 Å². The van der Waals surface area contributed by atoms with Gasteiger partial charge >= 0.3 is 0 Å². The summed E-state index contributed by atoms with van der Waals surface area (Å²) >= 11 is 8.18. The van der Waals surface area contributed by atoms with Gasteiger partial charge in [0.1, 0.15) is 29.4 Å². The summed E-state index contributed by atoms with van der Waals surface area (Å²) in [5, 5.41) is 6.12. The molecule has 2 aromatic rings. The first kappa shape index (κ1) is 25.1. The lowest BCUT2D eigenvalue weighted by atomic mass is 9.99. The fraction of sp³-hybridized carbons (Fsp3) is 0.417. The zero-order valence-electron chi connectivity index (χ0n) is 19.2. The van der Waals surface area contributed by atoms with Gasteiger partial charge in [-0.3, -0.25) is 9.59 Å². The lowest BCUT2D eigenvalue weighted by molar-refractivity contribution is -0.128. The highest BCUT2D eigenvalue weighted by molar-refractivity contribution is 7.98. The van der Waals surface area contributed by atoms with Crippen molar-refractivity contribution in [3.8, 4) is 28.4 Å². The number of rotatable bonds is 10. The zero-order valence-corrected chi connectivity index (χ0v) is 20.8. The second-order valence-corrected chi connectivity index (χ2v) is 9.13. The number of nitrogens with one attached hydrogen (secondary N) is 2. The van der Waals surface area contributed by atoms with Crippen molar-refractivity contribution in [3.05, 3.63) is 40.9 Å². The molecule has 0 saturated heterocycles. The summed E-state index contributed by atoms with van der Waals surface area (Å²) in [7, 11) is 3.24. The Labute approximate surface area is 203 Å². The van der Waals surface area contributed by atoms with Crippen molar-refractivity contribution in [3.63, 3.8) is 0 Å². The monoisotopic (exact) mass is 492 g/mol. The molecule has 2 aromatic carbocycles. The van der Waals surface area contributed by atoms with Crippen LogP contribution < -0.4 is 24.8 Å². The van der Waals surface area contributed by atoms with Crippen LogP contribution in [0.1, 0.15) is 18.9 Å². The average molecular weight is 493 g/mol. The number of hydrogen-bond acceptors (Lipinski definition) is 6. The Kier molecular flexibility index (Phi) is 8.74. The fourth-order valence-electron chi connectivity index (χ4n) is 3.78. The first-order chi connectivity index (χ1) is 15.9. The summed E-state index contributed by atoms with van der Waals surface area (Å²) in [4.78, 5) is 24.1. The van der Waals surface area contributed by atoms with Gasteiger partial charge in [0, 0.05) is 24.5 Å². The van der Waals surface area contributed by atoms with Crippen molar-refractivity contribution in [2.75, 3.05) is 32.8 Å². The molecule has 2 atom stereocenters. The molecule has 0 saturated carbocycles. The van der Waals surface area contributed by atoms with Crippen LogP contribution >= 0.6 is 23.4 Å². The first-order valence-electron chi connectivity index (χ1n) is 10.6. The molecule has 3 rings (SSSR count). The van der Waals surface area contributed by atoms with Crippen molar-refractivity contribution in [2.24, 2.45) is 0 Å². The van der Waals surface area contributed by atoms with Crippen molar-refractivity contribution in [1.82, 2.24) is 10.6 Å². The number of ether oxygens (including phenoxy) is 3. The highest BCUT2D eigenvalue weighted by Crippen LogP contribution is 2.42. The Morgan fingerprint density at radius 2 is 2.03 bits per heavy atom. The van der Waals surface area contributed by atoms with E-state index in [1.165, 1.54) is 6.92 Å². The molecule has 9 heteroatoms. The Morgan fingerprint density at radius 3 is 2.70 bits per heavy atom. The standard InChI is InChI=1S/C24H29ClN2O5S/c1-14(28)27-21(7-8-33-4)24(29)26-13-18-10-16-9-15(11-20(25)23(16)32-18)19-12-17(30-2)5-6-22(19)31-3/h5-6,9,11-12,18,21H,7-8,10,13H2,1-4H3,(H,26,29)(H,27,28)/t18-,21-/m0/s1. The van der Waals surface area contributed by atoms with E-state index in [1.54, 1.807) is 26.0 Å². The van der Waals surface area contributed by atoms with Gasteiger partial charge in [-0.15, -0.1) is 0 Å². The summed E-state index contributed by atoms with van der Waals surface area (Å²) in [6.07, 6.45) is 2.88. The van der Waals surface area contributed by atoms with E-state index in [-0.39, 0.29) is 17.9 Å². The van der Waals surface area contributed by atoms with Gasteiger partial charge in [-0.1, -0.05) is 11.6 Å². The smallest absolute Gasteiger partial charge is 0.242 e. The molecular weight excluding hydrogens is 464 g/mol. The van der Waals surface area contributed by atoms with Crippen LogP contribution in [0.5, 0.6) is 17.2 Å². The largest absolute Gasteiger partial charge is 0.497 e. The zero-order chi connectivity index (χ0) is 24.0. The first-order valence-corrected chi connectivity index (χ1v) is 12.4. The molecule has 1 heterocycles. The van der Waals surface area contributed by atoms with Crippen LogP contribution in [0.4, 0.5) is 0 Å². The summed E-state index contributed by atoms with van der Waals surface area (Å²) in [6.45, 7) is 1.73. The maximum absolute atomic E-state index is 12.6. The van der Waals surface area contributed by atoms with E-state index >= 15 is 0 Å². The molecule has 2 N–H and O–H groups in total. The molecule has 0 bridgehead atoms. The van der Waals surface area contributed by atoms with Crippen LogP contribution in [0.15, 0.2) is 30.3 Å². The van der Waals surface area contributed by atoms with Gasteiger partial charge in [-0.2, -0.15) is 11.8 Å². The SMILES string of the molecule is COc1ccc(OC)c(-c2cc(Cl)c3c(c2)C[C@@H](CNC(=O)[C@H](CCSC)NC(C)=O)O3)c1. The van der Waals surface area contributed by atoms with E-state index in [2.05, 4.69) is 10.6 Å². The molecule has 2 amide bonds. The molecule has 0 fully saturated rings. The topological polar surface area (TPSA) is 85.9 Å².